The molecule has 5 heteroatoms. The molecule has 0 aromatic heterocycles. The van der Waals surface area contributed by atoms with E-state index < -0.39 is 10.9 Å². The van der Waals surface area contributed by atoms with E-state index in [4.69, 9.17) is 4.74 Å². The van der Waals surface area contributed by atoms with Crippen LogP contribution in [0, 0.1) is 0 Å². The molecule has 0 amide bonds. The zero-order chi connectivity index (χ0) is 8.43. The first-order valence-corrected chi connectivity index (χ1v) is 3.36. The lowest BCUT2D eigenvalue weighted by atomic mass is 10.2. The highest BCUT2D eigenvalue weighted by Gasteiger charge is 2.19. The van der Waals surface area contributed by atoms with Crippen molar-refractivity contribution in [1.29, 1.82) is 0 Å². The van der Waals surface area contributed by atoms with Gasteiger partial charge in [0.05, 0.1) is 6.61 Å². The van der Waals surface area contributed by atoms with Crippen LogP contribution in [0.1, 0.15) is 6.92 Å². The second kappa shape index (κ2) is 2.78. The average molecular weight is 153 g/mol. The number of rotatable bonds is 3. The van der Waals surface area contributed by atoms with Crippen molar-refractivity contribution in [3.8, 4) is 5.75 Å². The molecule has 0 aliphatic carbocycles. The lowest BCUT2D eigenvalue weighted by Gasteiger charge is -2.09. The van der Waals surface area contributed by atoms with E-state index in [-0.39, 0.29) is 11.4 Å². The van der Waals surface area contributed by atoms with E-state index in [1.165, 1.54) is 0 Å². The van der Waals surface area contributed by atoms with Crippen molar-refractivity contribution in [3.05, 3.63) is 20.4 Å². The third-order valence-electron chi connectivity index (χ3n) is 1.41. The maximum Gasteiger partial charge on any atom is 0.271 e. The Bertz CT molecular complexity index is 326. The molecule has 58 valence electrons. The first kappa shape index (κ1) is 7.85. The molecular weight excluding hydrogens is 145 g/mol. The summed E-state index contributed by atoms with van der Waals surface area (Å²) in [6, 6.07) is 0. The zero-order valence-electron chi connectivity index (χ0n) is 6.43. The molecular formula is C6H8BNO3. The van der Waals surface area contributed by atoms with E-state index in [2.05, 4.69) is 5.23 Å². The summed E-state index contributed by atoms with van der Waals surface area (Å²) in [6.45, 7) is 2.16. The van der Waals surface area contributed by atoms with Gasteiger partial charge in [-0.1, -0.05) is 0 Å². The van der Waals surface area contributed by atoms with Gasteiger partial charge in [0.1, 0.15) is 5.69 Å². The minimum atomic E-state index is -0.531. The fourth-order valence-electron chi connectivity index (χ4n) is 0.880. The summed E-state index contributed by atoms with van der Waals surface area (Å²) < 4.78 is 4.91. The molecule has 1 rings (SSSR count). The molecule has 1 aromatic carbocycles. The summed E-state index contributed by atoms with van der Waals surface area (Å²) in [5, 5.41) is 2.60. The Morgan fingerprint density at radius 3 is 2.55 bits per heavy atom. The molecule has 0 saturated heterocycles. The number of nitrogens with one attached hydrogen (secondary N) is 1. The van der Waals surface area contributed by atoms with Crippen molar-refractivity contribution in [2.24, 2.45) is 0 Å². The molecule has 0 aliphatic rings. The van der Waals surface area contributed by atoms with Gasteiger partial charge in [-0.15, -0.1) is 0 Å². The standard InChI is InChI=1S/C6H8BNO3/c1-2-11-6-3(8-7)4(9)5(6)10/h8H,2,7H2,1H3. The molecule has 0 radical (unpaired) electrons. The Labute approximate surface area is 64.3 Å². The van der Waals surface area contributed by atoms with Crippen LogP contribution in [-0.4, -0.2) is 14.6 Å². The first-order chi connectivity index (χ1) is 5.22. The van der Waals surface area contributed by atoms with Crippen LogP contribution in [0.2, 0.25) is 0 Å². The summed E-state index contributed by atoms with van der Waals surface area (Å²) in [7, 11) is 1.58. The number of hydrogen-bond acceptors (Lipinski definition) is 4. The third-order valence-corrected chi connectivity index (χ3v) is 1.41. The maximum atomic E-state index is 10.7. The Kier molecular flexibility index (Phi) is 1.98. The SMILES string of the molecule is BNc1c(OCC)c(=O)c1=O. The Balaban J connectivity index is 2.98. The molecule has 1 aromatic rings. The highest BCUT2D eigenvalue weighted by Crippen LogP contribution is 2.15. The third kappa shape index (κ3) is 1.02. The summed E-state index contributed by atoms with van der Waals surface area (Å²) in [4.78, 5) is 21.5. The van der Waals surface area contributed by atoms with E-state index in [1.54, 1.807) is 14.9 Å². The largest absolute Gasteiger partial charge is 0.488 e. The van der Waals surface area contributed by atoms with Gasteiger partial charge in [-0.25, -0.2) is 0 Å². The van der Waals surface area contributed by atoms with Crippen molar-refractivity contribution in [3.63, 3.8) is 0 Å². The quantitative estimate of drug-likeness (QED) is 0.430. The van der Waals surface area contributed by atoms with Gasteiger partial charge in [0.25, 0.3) is 10.9 Å². The molecule has 1 N–H and O–H groups in total. The molecule has 0 aliphatic heterocycles. The number of anilines is 1. The second-order valence-electron chi connectivity index (χ2n) is 2.05. The molecule has 0 heterocycles. The van der Waals surface area contributed by atoms with E-state index in [0.29, 0.717) is 6.61 Å². The van der Waals surface area contributed by atoms with Gasteiger partial charge in [-0.3, -0.25) is 9.59 Å². The molecule has 11 heavy (non-hydrogen) atoms. The Hall–Kier alpha value is -1.26. The van der Waals surface area contributed by atoms with Gasteiger partial charge in [0, 0.05) is 0 Å². The predicted octanol–water partition coefficient (Wildman–Crippen LogP) is -1.36. The average Bonchev–Trinajstić information content (AvgIpc) is 2.04. The van der Waals surface area contributed by atoms with Gasteiger partial charge < -0.3 is 9.96 Å². The van der Waals surface area contributed by atoms with Crippen molar-refractivity contribution >= 4 is 13.7 Å². The molecule has 0 unspecified atom stereocenters. The highest BCUT2D eigenvalue weighted by atomic mass is 16.5. The van der Waals surface area contributed by atoms with E-state index in [1.807, 2.05) is 0 Å². The maximum absolute atomic E-state index is 10.7. The van der Waals surface area contributed by atoms with Crippen molar-refractivity contribution in [1.82, 2.24) is 0 Å². The van der Waals surface area contributed by atoms with Crippen LogP contribution in [-0.2, 0) is 0 Å². The summed E-state index contributed by atoms with van der Waals surface area (Å²) in [5.41, 5.74) is -0.732. The van der Waals surface area contributed by atoms with E-state index in [0.717, 1.165) is 0 Å². The molecule has 0 fully saturated rings. The van der Waals surface area contributed by atoms with Crippen molar-refractivity contribution in [2.75, 3.05) is 11.8 Å². The number of hydrogen-bond donors (Lipinski definition) is 1. The smallest absolute Gasteiger partial charge is 0.271 e. The monoisotopic (exact) mass is 153 g/mol. The molecule has 0 bridgehead atoms. The van der Waals surface area contributed by atoms with E-state index >= 15 is 0 Å². The van der Waals surface area contributed by atoms with Gasteiger partial charge >= 0.3 is 0 Å². The van der Waals surface area contributed by atoms with Gasteiger partial charge in [-0.05, 0) is 6.92 Å². The Morgan fingerprint density at radius 1 is 1.45 bits per heavy atom. The molecule has 0 spiro atoms. The highest BCUT2D eigenvalue weighted by molar-refractivity contribution is 6.16. The molecule has 0 atom stereocenters. The fraction of sp³-hybridized carbons (Fsp3) is 0.333. The van der Waals surface area contributed by atoms with E-state index in [9.17, 15) is 9.59 Å². The number of ether oxygens (including phenoxy) is 1. The molecule has 4 nitrogen and oxygen atoms in total. The minimum absolute atomic E-state index is 0.167. The molecule has 0 saturated carbocycles. The summed E-state index contributed by atoms with van der Waals surface area (Å²) in [5.74, 6) is 0.167. The van der Waals surface area contributed by atoms with Crippen LogP contribution in [0.5, 0.6) is 5.75 Å². The lowest BCUT2D eigenvalue weighted by molar-refractivity contribution is 0.335. The topological polar surface area (TPSA) is 55.4 Å². The summed E-state index contributed by atoms with van der Waals surface area (Å²) in [6.07, 6.45) is 0. The van der Waals surface area contributed by atoms with Crippen LogP contribution in [0.3, 0.4) is 0 Å². The van der Waals surface area contributed by atoms with Gasteiger partial charge in [0.15, 0.2) is 5.75 Å². The second-order valence-corrected chi connectivity index (χ2v) is 2.05. The van der Waals surface area contributed by atoms with Crippen LogP contribution in [0.15, 0.2) is 9.59 Å². The zero-order valence-corrected chi connectivity index (χ0v) is 6.43. The minimum Gasteiger partial charge on any atom is -0.488 e. The van der Waals surface area contributed by atoms with Crippen LogP contribution >= 0.6 is 0 Å². The van der Waals surface area contributed by atoms with Crippen LogP contribution in [0.4, 0.5) is 5.69 Å². The van der Waals surface area contributed by atoms with Gasteiger partial charge in [0.2, 0.25) is 7.98 Å². The van der Waals surface area contributed by atoms with Crippen molar-refractivity contribution < 1.29 is 4.74 Å². The van der Waals surface area contributed by atoms with Crippen LogP contribution < -0.4 is 20.8 Å². The predicted molar refractivity (Wildman–Crippen MR) is 44.7 cm³/mol. The van der Waals surface area contributed by atoms with Crippen molar-refractivity contribution in [2.45, 2.75) is 6.92 Å². The normalized spacial score (nSPS) is 9.91. The fourth-order valence-corrected chi connectivity index (χ4v) is 0.880. The van der Waals surface area contributed by atoms with Gasteiger partial charge in [-0.2, -0.15) is 0 Å². The lowest BCUT2D eigenvalue weighted by Crippen LogP contribution is -2.35. The summed E-state index contributed by atoms with van der Waals surface area (Å²) >= 11 is 0. The van der Waals surface area contributed by atoms with Crippen LogP contribution in [0.25, 0.3) is 0 Å². The Morgan fingerprint density at radius 2 is 2.09 bits per heavy atom. The first-order valence-electron chi connectivity index (χ1n) is 3.36.